The second kappa shape index (κ2) is 6.16. The number of hydrogen-bond acceptors (Lipinski definition) is 2. The van der Waals surface area contributed by atoms with Gasteiger partial charge in [0.05, 0.1) is 0 Å². The Morgan fingerprint density at radius 1 is 1.44 bits per heavy atom. The van der Waals surface area contributed by atoms with Crippen LogP contribution in [0.3, 0.4) is 0 Å². The highest BCUT2D eigenvalue weighted by molar-refractivity contribution is 5.94. The van der Waals surface area contributed by atoms with E-state index in [1.807, 2.05) is 6.92 Å². The summed E-state index contributed by atoms with van der Waals surface area (Å²) in [7, 11) is 0. The summed E-state index contributed by atoms with van der Waals surface area (Å²) in [5, 5.41) is 3.23. The molecule has 100 valence electrons. The molecule has 0 radical (unpaired) electrons. The van der Waals surface area contributed by atoms with Crippen molar-refractivity contribution in [1.82, 2.24) is 10.2 Å². The highest BCUT2D eigenvalue weighted by Crippen LogP contribution is 2.13. The van der Waals surface area contributed by atoms with Crippen LogP contribution in [0.25, 0.3) is 0 Å². The Morgan fingerprint density at radius 2 is 2.17 bits per heavy atom. The Bertz CT molecular complexity index is 419. The number of carbonyl (C=O) groups is 1. The molecule has 0 aliphatic carbocycles. The lowest BCUT2D eigenvalue weighted by Gasteiger charge is -2.34. The summed E-state index contributed by atoms with van der Waals surface area (Å²) in [6, 6.07) is 4.63. The van der Waals surface area contributed by atoms with E-state index in [2.05, 4.69) is 5.32 Å². The number of rotatable bonds is 1. The van der Waals surface area contributed by atoms with Crippen molar-refractivity contribution >= 4 is 18.3 Å². The van der Waals surface area contributed by atoms with Crippen LogP contribution in [0.1, 0.15) is 22.8 Å². The van der Waals surface area contributed by atoms with Gasteiger partial charge in [0, 0.05) is 31.2 Å². The number of hydrogen-bond donors (Lipinski definition) is 1. The van der Waals surface area contributed by atoms with Gasteiger partial charge in [-0.25, -0.2) is 4.39 Å². The Labute approximate surface area is 113 Å². The molecule has 1 aliphatic heterocycles. The molecule has 18 heavy (non-hydrogen) atoms. The summed E-state index contributed by atoms with van der Waals surface area (Å²) < 4.78 is 13.3. The van der Waals surface area contributed by atoms with Crippen LogP contribution in [0.4, 0.5) is 4.39 Å². The van der Waals surface area contributed by atoms with E-state index >= 15 is 0 Å². The number of carbonyl (C=O) groups excluding carboxylic acids is 1. The molecule has 1 amide bonds. The van der Waals surface area contributed by atoms with Gasteiger partial charge in [0.25, 0.3) is 5.91 Å². The van der Waals surface area contributed by atoms with Crippen LogP contribution in [0, 0.1) is 12.7 Å². The maximum Gasteiger partial charge on any atom is 0.254 e. The molecule has 0 unspecified atom stereocenters. The number of halogens is 2. The monoisotopic (exact) mass is 272 g/mol. The number of piperazine rings is 1. The first-order valence-electron chi connectivity index (χ1n) is 5.87. The fourth-order valence-corrected chi connectivity index (χ4v) is 2.17. The first kappa shape index (κ1) is 14.9. The molecule has 1 heterocycles. The lowest BCUT2D eigenvalue weighted by molar-refractivity contribution is 0.0655. The molecule has 1 aromatic rings. The molecule has 3 nitrogen and oxygen atoms in total. The largest absolute Gasteiger partial charge is 0.333 e. The fourth-order valence-electron chi connectivity index (χ4n) is 2.17. The molecule has 0 bridgehead atoms. The highest BCUT2D eigenvalue weighted by atomic mass is 35.5. The molecule has 1 aliphatic rings. The van der Waals surface area contributed by atoms with Crippen LogP contribution in [-0.2, 0) is 0 Å². The second-order valence-electron chi connectivity index (χ2n) is 4.57. The minimum Gasteiger partial charge on any atom is -0.333 e. The van der Waals surface area contributed by atoms with Crippen molar-refractivity contribution in [2.75, 3.05) is 19.6 Å². The molecule has 1 fully saturated rings. The zero-order chi connectivity index (χ0) is 12.4. The molecule has 1 atom stereocenters. The van der Waals surface area contributed by atoms with Crippen molar-refractivity contribution in [3.05, 3.63) is 35.1 Å². The fraction of sp³-hybridized carbons (Fsp3) is 0.462. The van der Waals surface area contributed by atoms with Crippen molar-refractivity contribution in [2.24, 2.45) is 0 Å². The zero-order valence-corrected chi connectivity index (χ0v) is 11.4. The van der Waals surface area contributed by atoms with Gasteiger partial charge in [-0.1, -0.05) is 0 Å². The van der Waals surface area contributed by atoms with Crippen LogP contribution in [-0.4, -0.2) is 36.5 Å². The summed E-state index contributed by atoms with van der Waals surface area (Å²) in [5.74, 6) is -0.433. The predicted molar refractivity (Wildman–Crippen MR) is 71.8 cm³/mol. The van der Waals surface area contributed by atoms with E-state index < -0.39 is 0 Å². The van der Waals surface area contributed by atoms with Crippen LogP contribution in [0.2, 0.25) is 0 Å². The van der Waals surface area contributed by atoms with E-state index in [1.165, 1.54) is 12.1 Å². The van der Waals surface area contributed by atoms with E-state index in [-0.39, 0.29) is 30.2 Å². The summed E-state index contributed by atoms with van der Waals surface area (Å²) in [6.45, 7) is 6.05. The van der Waals surface area contributed by atoms with E-state index in [9.17, 15) is 9.18 Å². The van der Waals surface area contributed by atoms with Crippen molar-refractivity contribution in [1.29, 1.82) is 0 Å². The Kier molecular flexibility index (Phi) is 5.11. The summed E-state index contributed by atoms with van der Waals surface area (Å²) in [4.78, 5) is 14.0. The van der Waals surface area contributed by atoms with Crippen LogP contribution in [0.15, 0.2) is 18.2 Å². The Morgan fingerprint density at radius 3 is 2.78 bits per heavy atom. The van der Waals surface area contributed by atoms with E-state index in [1.54, 1.807) is 17.9 Å². The molecule has 5 heteroatoms. The second-order valence-corrected chi connectivity index (χ2v) is 4.57. The van der Waals surface area contributed by atoms with Crippen molar-refractivity contribution in [3.8, 4) is 0 Å². The smallest absolute Gasteiger partial charge is 0.254 e. The van der Waals surface area contributed by atoms with Crippen LogP contribution in [0.5, 0.6) is 0 Å². The first-order valence-corrected chi connectivity index (χ1v) is 5.87. The van der Waals surface area contributed by atoms with Crippen LogP contribution < -0.4 is 5.32 Å². The maximum atomic E-state index is 13.3. The molecule has 1 saturated heterocycles. The Hall–Kier alpha value is -1.13. The van der Waals surface area contributed by atoms with Gasteiger partial charge in [-0.3, -0.25) is 4.79 Å². The maximum absolute atomic E-state index is 13.3. The molecule has 0 spiro atoms. The number of nitrogens with zero attached hydrogens (tertiary/aromatic N) is 1. The molecular formula is C13H18ClFN2O. The zero-order valence-electron chi connectivity index (χ0n) is 10.6. The quantitative estimate of drug-likeness (QED) is 0.848. The topological polar surface area (TPSA) is 32.3 Å². The first-order chi connectivity index (χ1) is 8.08. The third kappa shape index (κ3) is 3.21. The van der Waals surface area contributed by atoms with Crippen LogP contribution >= 0.6 is 12.4 Å². The van der Waals surface area contributed by atoms with Crippen molar-refractivity contribution in [2.45, 2.75) is 19.9 Å². The highest BCUT2D eigenvalue weighted by Gasteiger charge is 2.24. The SMILES string of the molecule is Cc1cc(F)cc(C(=O)N2CCNC[C@H]2C)c1.Cl. The van der Waals surface area contributed by atoms with E-state index in [4.69, 9.17) is 0 Å². The molecule has 0 saturated carbocycles. The standard InChI is InChI=1S/C13H17FN2O.ClH/c1-9-5-11(7-12(14)6-9)13(17)16-4-3-15-8-10(16)2;/h5-7,10,15H,3-4,8H2,1-2H3;1H/t10-;/m1./s1. The van der Waals surface area contributed by atoms with Gasteiger partial charge in [-0.05, 0) is 37.6 Å². The van der Waals surface area contributed by atoms with Gasteiger partial charge in [-0.2, -0.15) is 0 Å². The van der Waals surface area contributed by atoms with Gasteiger partial charge in [0.1, 0.15) is 5.82 Å². The van der Waals surface area contributed by atoms with Crippen molar-refractivity contribution < 1.29 is 9.18 Å². The molecular weight excluding hydrogens is 255 g/mol. The lowest BCUT2D eigenvalue weighted by Crippen LogP contribution is -2.52. The Balaban J connectivity index is 0.00000162. The van der Waals surface area contributed by atoms with E-state index in [0.29, 0.717) is 12.1 Å². The molecule has 1 aromatic carbocycles. The molecule has 0 aromatic heterocycles. The minimum atomic E-state index is -0.351. The van der Waals surface area contributed by atoms with Gasteiger partial charge < -0.3 is 10.2 Å². The predicted octanol–water partition coefficient (Wildman–Crippen LogP) is 1.99. The summed E-state index contributed by atoms with van der Waals surface area (Å²) in [5.41, 5.74) is 1.22. The number of nitrogens with one attached hydrogen (secondary N) is 1. The third-order valence-electron chi connectivity index (χ3n) is 3.05. The summed E-state index contributed by atoms with van der Waals surface area (Å²) in [6.07, 6.45) is 0. The van der Waals surface area contributed by atoms with Gasteiger partial charge >= 0.3 is 0 Å². The number of amides is 1. The average molecular weight is 273 g/mol. The molecule has 1 N–H and O–H groups in total. The lowest BCUT2D eigenvalue weighted by atomic mass is 10.1. The summed E-state index contributed by atoms with van der Waals surface area (Å²) >= 11 is 0. The number of benzene rings is 1. The normalized spacial score (nSPS) is 19.3. The van der Waals surface area contributed by atoms with E-state index in [0.717, 1.165) is 18.7 Å². The van der Waals surface area contributed by atoms with Crippen molar-refractivity contribution in [3.63, 3.8) is 0 Å². The number of aryl methyl sites for hydroxylation is 1. The molecule has 2 rings (SSSR count). The van der Waals surface area contributed by atoms with Gasteiger partial charge in [0.2, 0.25) is 0 Å². The minimum absolute atomic E-state index is 0. The third-order valence-corrected chi connectivity index (χ3v) is 3.05. The van der Waals surface area contributed by atoms with Gasteiger partial charge in [-0.15, -0.1) is 12.4 Å². The van der Waals surface area contributed by atoms with Gasteiger partial charge in [0.15, 0.2) is 0 Å². The average Bonchev–Trinajstić information content (AvgIpc) is 2.27.